The highest BCUT2D eigenvalue weighted by Gasteiger charge is 2.25. The maximum atomic E-state index is 14.6. The summed E-state index contributed by atoms with van der Waals surface area (Å²) in [6.45, 7) is 4.12. The predicted molar refractivity (Wildman–Crippen MR) is 131 cm³/mol. The lowest BCUT2D eigenvalue weighted by atomic mass is 9.97. The maximum absolute atomic E-state index is 14.6. The summed E-state index contributed by atoms with van der Waals surface area (Å²) >= 11 is 0. The van der Waals surface area contributed by atoms with Crippen molar-refractivity contribution in [3.8, 4) is 16.9 Å². The minimum absolute atomic E-state index is 0.161. The van der Waals surface area contributed by atoms with E-state index in [2.05, 4.69) is 34.3 Å². The zero-order valence-corrected chi connectivity index (χ0v) is 18.8. The number of ether oxygens (including phenoxy) is 1. The molecule has 5 nitrogen and oxygen atoms in total. The molecule has 33 heavy (non-hydrogen) atoms. The molecule has 0 spiro atoms. The molecule has 2 heterocycles. The summed E-state index contributed by atoms with van der Waals surface area (Å²) in [6, 6.07) is 18.5. The van der Waals surface area contributed by atoms with E-state index < -0.39 is 0 Å². The van der Waals surface area contributed by atoms with E-state index in [4.69, 9.17) is 4.74 Å². The number of likely N-dealkylation sites (N-methyl/N-ethyl adjacent to an activating group) is 1. The number of hydrogen-bond acceptors (Lipinski definition) is 4. The van der Waals surface area contributed by atoms with Crippen molar-refractivity contribution >= 4 is 28.9 Å². The molecule has 1 N–H and O–H groups in total. The first-order valence-corrected chi connectivity index (χ1v) is 11.1. The third kappa shape index (κ3) is 4.10. The second kappa shape index (κ2) is 8.71. The molecule has 6 heteroatoms. The average molecular weight is 444 g/mol. The van der Waals surface area contributed by atoms with E-state index in [1.807, 2.05) is 30.3 Å². The lowest BCUT2D eigenvalue weighted by molar-refractivity contribution is -0.110. The summed E-state index contributed by atoms with van der Waals surface area (Å²) in [5.74, 6) is -0.0698. The van der Waals surface area contributed by atoms with Crippen LogP contribution < -0.4 is 15.0 Å². The van der Waals surface area contributed by atoms with Crippen LogP contribution >= 0.6 is 0 Å². The Morgan fingerprint density at radius 1 is 1.00 bits per heavy atom. The van der Waals surface area contributed by atoms with Crippen LogP contribution in [-0.4, -0.2) is 51.1 Å². The van der Waals surface area contributed by atoms with Crippen LogP contribution in [0.25, 0.3) is 22.8 Å². The molecule has 3 aromatic rings. The van der Waals surface area contributed by atoms with Gasteiger partial charge in [0, 0.05) is 48.7 Å². The average Bonchev–Trinajstić information content (AvgIpc) is 3.14. The Labute approximate surface area is 193 Å². The van der Waals surface area contributed by atoms with Crippen LogP contribution in [0.5, 0.6) is 5.75 Å². The number of carbonyl (C=O) groups is 1. The van der Waals surface area contributed by atoms with Crippen LogP contribution in [-0.2, 0) is 4.79 Å². The highest BCUT2D eigenvalue weighted by atomic mass is 19.1. The number of nitrogens with one attached hydrogen (secondary N) is 1. The fourth-order valence-electron chi connectivity index (χ4n) is 4.45. The second-order valence-electron chi connectivity index (χ2n) is 8.47. The molecule has 0 aromatic heterocycles. The van der Waals surface area contributed by atoms with Crippen molar-refractivity contribution in [1.82, 2.24) is 4.90 Å². The number of halogens is 1. The Kier molecular flexibility index (Phi) is 5.60. The largest absolute Gasteiger partial charge is 0.496 e. The fourth-order valence-corrected chi connectivity index (χ4v) is 4.45. The first kappa shape index (κ1) is 21.2. The Morgan fingerprint density at radius 3 is 2.48 bits per heavy atom. The summed E-state index contributed by atoms with van der Waals surface area (Å²) in [5, 5.41) is 2.91. The van der Waals surface area contributed by atoms with Crippen LogP contribution in [0, 0.1) is 5.82 Å². The minimum Gasteiger partial charge on any atom is -0.496 e. The van der Waals surface area contributed by atoms with E-state index in [0.29, 0.717) is 22.4 Å². The topological polar surface area (TPSA) is 44.8 Å². The number of rotatable bonds is 4. The number of carbonyl (C=O) groups excluding carboxylic acids is 1. The van der Waals surface area contributed by atoms with Gasteiger partial charge in [-0.05, 0) is 60.6 Å². The van der Waals surface area contributed by atoms with Crippen molar-refractivity contribution in [2.75, 3.05) is 50.6 Å². The molecular formula is C27H26FN3O2. The molecule has 0 atom stereocenters. The van der Waals surface area contributed by atoms with Crippen molar-refractivity contribution in [3.05, 3.63) is 77.6 Å². The van der Waals surface area contributed by atoms with Crippen LogP contribution in [0.4, 0.5) is 15.8 Å². The molecule has 0 saturated carbocycles. The van der Waals surface area contributed by atoms with Crippen LogP contribution in [0.2, 0.25) is 0 Å². The monoisotopic (exact) mass is 443 g/mol. The van der Waals surface area contributed by atoms with Gasteiger partial charge in [0.2, 0.25) is 0 Å². The molecule has 0 aliphatic carbocycles. The predicted octanol–water partition coefficient (Wildman–Crippen LogP) is 4.75. The number of hydrogen-bond donors (Lipinski definition) is 1. The third-order valence-electron chi connectivity index (χ3n) is 6.36. The van der Waals surface area contributed by atoms with Crippen molar-refractivity contribution in [2.24, 2.45) is 0 Å². The van der Waals surface area contributed by atoms with Crippen molar-refractivity contribution < 1.29 is 13.9 Å². The standard InChI is InChI=1S/C27H26FN3O2/c1-30-12-14-31(15-13-30)20-9-6-18(7-10-20)16-22-21-17-19(8-11-24(21)29-27(22)32)26-23(28)4-3-5-25(26)33-2/h3-11,16-17H,12-15H2,1-2H3,(H,29,32). The SMILES string of the molecule is COc1cccc(F)c1-c1ccc2c(c1)C(=Cc1ccc(N3CCN(C)CC3)cc1)C(=O)N2. The zero-order chi connectivity index (χ0) is 22.9. The first-order chi connectivity index (χ1) is 16.0. The Hall–Kier alpha value is -3.64. The van der Waals surface area contributed by atoms with E-state index >= 15 is 0 Å². The number of amides is 1. The molecule has 2 aliphatic heterocycles. The Bertz CT molecular complexity index is 1230. The minimum atomic E-state index is -0.364. The summed E-state index contributed by atoms with van der Waals surface area (Å²) < 4.78 is 20.0. The van der Waals surface area contributed by atoms with Gasteiger partial charge in [-0.1, -0.05) is 24.3 Å². The van der Waals surface area contributed by atoms with E-state index in [1.54, 1.807) is 18.2 Å². The van der Waals surface area contributed by atoms with Gasteiger partial charge in [-0.25, -0.2) is 4.39 Å². The molecule has 0 radical (unpaired) electrons. The van der Waals surface area contributed by atoms with Gasteiger partial charge in [0.15, 0.2) is 0 Å². The van der Waals surface area contributed by atoms with Gasteiger partial charge in [-0.3, -0.25) is 4.79 Å². The molecule has 0 unspecified atom stereocenters. The van der Waals surface area contributed by atoms with Crippen LogP contribution in [0.15, 0.2) is 60.7 Å². The summed E-state index contributed by atoms with van der Waals surface area (Å²) in [7, 11) is 3.67. The highest BCUT2D eigenvalue weighted by Crippen LogP contribution is 2.39. The Balaban J connectivity index is 1.47. The molecule has 1 fully saturated rings. The van der Waals surface area contributed by atoms with E-state index in [-0.39, 0.29) is 11.7 Å². The van der Waals surface area contributed by atoms with Crippen LogP contribution in [0.1, 0.15) is 11.1 Å². The van der Waals surface area contributed by atoms with Gasteiger partial charge in [-0.15, -0.1) is 0 Å². The molecule has 168 valence electrons. The second-order valence-corrected chi connectivity index (χ2v) is 8.47. The maximum Gasteiger partial charge on any atom is 0.256 e. The molecule has 2 aliphatic rings. The number of nitrogens with zero attached hydrogens (tertiary/aromatic N) is 2. The van der Waals surface area contributed by atoms with E-state index in [9.17, 15) is 9.18 Å². The van der Waals surface area contributed by atoms with Crippen LogP contribution in [0.3, 0.4) is 0 Å². The van der Waals surface area contributed by atoms with E-state index in [1.165, 1.54) is 18.9 Å². The molecule has 1 saturated heterocycles. The highest BCUT2D eigenvalue weighted by molar-refractivity contribution is 6.35. The smallest absolute Gasteiger partial charge is 0.256 e. The molecule has 3 aromatic carbocycles. The van der Waals surface area contributed by atoms with Crippen molar-refractivity contribution in [1.29, 1.82) is 0 Å². The van der Waals surface area contributed by atoms with Gasteiger partial charge >= 0.3 is 0 Å². The van der Waals surface area contributed by atoms with Gasteiger partial charge in [0.1, 0.15) is 11.6 Å². The zero-order valence-electron chi connectivity index (χ0n) is 18.8. The number of fused-ring (bicyclic) bond motifs is 1. The number of anilines is 2. The third-order valence-corrected chi connectivity index (χ3v) is 6.36. The van der Waals surface area contributed by atoms with Gasteiger partial charge in [-0.2, -0.15) is 0 Å². The Morgan fingerprint density at radius 2 is 1.76 bits per heavy atom. The molecule has 5 rings (SSSR count). The quantitative estimate of drug-likeness (QED) is 0.592. The number of benzene rings is 3. The molecule has 1 amide bonds. The van der Waals surface area contributed by atoms with Gasteiger partial charge in [0.25, 0.3) is 5.91 Å². The number of piperazine rings is 1. The normalized spacial score (nSPS) is 17.2. The van der Waals surface area contributed by atoms with Gasteiger partial charge < -0.3 is 19.9 Å². The van der Waals surface area contributed by atoms with E-state index in [0.717, 1.165) is 43.0 Å². The molecular weight excluding hydrogens is 417 g/mol. The number of methoxy groups -OCH3 is 1. The lowest BCUT2D eigenvalue weighted by Crippen LogP contribution is -2.44. The summed E-state index contributed by atoms with van der Waals surface area (Å²) in [6.07, 6.45) is 1.89. The first-order valence-electron chi connectivity index (χ1n) is 11.1. The van der Waals surface area contributed by atoms with Gasteiger partial charge in [0.05, 0.1) is 12.7 Å². The summed E-state index contributed by atoms with van der Waals surface area (Å²) in [4.78, 5) is 17.4. The lowest BCUT2D eigenvalue weighted by Gasteiger charge is -2.34. The van der Waals surface area contributed by atoms with Crippen molar-refractivity contribution in [3.63, 3.8) is 0 Å². The van der Waals surface area contributed by atoms with Crippen molar-refractivity contribution in [2.45, 2.75) is 0 Å². The summed E-state index contributed by atoms with van der Waals surface area (Å²) in [5.41, 5.74) is 5.23. The molecule has 0 bridgehead atoms. The fraction of sp³-hybridized carbons (Fsp3) is 0.222.